The lowest BCUT2D eigenvalue weighted by Crippen LogP contribution is -2.47. The summed E-state index contributed by atoms with van der Waals surface area (Å²) in [5.41, 5.74) is 4.33. The number of halogens is 4. The van der Waals surface area contributed by atoms with Crippen LogP contribution in [0.5, 0.6) is 0 Å². The summed E-state index contributed by atoms with van der Waals surface area (Å²) in [4.78, 5) is 23.9. The Bertz CT molecular complexity index is 970. The minimum Gasteiger partial charge on any atom is -0.277 e. The third kappa shape index (κ3) is 6.43. The minimum absolute atomic E-state index is 0.116. The summed E-state index contributed by atoms with van der Waals surface area (Å²) in [5, 5.41) is 2.01. The molecule has 0 aromatic heterocycles. The number of nitrogens with zero attached hydrogens (tertiary/aromatic N) is 2. The van der Waals surface area contributed by atoms with Gasteiger partial charge in [0.05, 0.1) is 0 Å². The number of rotatable bonds is 4. The molecule has 0 heterocycles. The van der Waals surface area contributed by atoms with Gasteiger partial charge < -0.3 is 0 Å². The zero-order chi connectivity index (χ0) is 23.3. The van der Waals surface area contributed by atoms with Crippen molar-refractivity contribution in [1.82, 2.24) is 20.9 Å². The van der Waals surface area contributed by atoms with Gasteiger partial charge in [0, 0.05) is 37.4 Å². The highest BCUT2D eigenvalue weighted by Gasteiger charge is 2.19. The Kier molecular flexibility index (Phi) is 8.00. The normalized spacial score (nSPS) is 10.3. The zero-order valence-corrected chi connectivity index (χ0v) is 17.8. The van der Waals surface area contributed by atoms with E-state index >= 15 is 0 Å². The molecule has 0 unspecified atom stereocenters. The largest absolute Gasteiger partial charge is 0.277 e. The van der Waals surface area contributed by atoms with Gasteiger partial charge in [-0.3, -0.25) is 30.5 Å². The van der Waals surface area contributed by atoms with E-state index in [1.165, 1.54) is 14.1 Å². The third-order valence-corrected chi connectivity index (χ3v) is 4.83. The van der Waals surface area contributed by atoms with Gasteiger partial charge in [-0.1, -0.05) is 24.4 Å². The van der Waals surface area contributed by atoms with Crippen LogP contribution in [0.15, 0.2) is 36.4 Å². The molecule has 2 amide bonds. The average molecular weight is 472 g/mol. The van der Waals surface area contributed by atoms with Crippen molar-refractivity contribution >= 4 is 46.2 Å². The van der Waals surface area contributed by atoms with Crippen LogP contribution in [0.4, 0.5) is 17.6 Å². The molecule has 0 saturated carbocycles. The number of nitrogens with one attached hydrogen (secondary N) is 2. The first-order valence-corrected chi connectivity index (χ1v) is 9.36. The molecular weight excluding hydrogens is 456 g/mol. The maximum Gasteiger partial charge on any atom is 0.248 e. The first kappa shape index (κ1) is 24.2. The van der Waals surface area contributed by atoms with E-state index in [0.29, 0.717) is 12.1 Å². The summed E-state index contributed by atoms with van der Waals surface area (Å²) in [6.45, 7) is 0. The van der Waals surface area contributed by atoms with Gasteiger partial charge >= 0.3 is 0 Å². The number of hydrogen-bond donors (Lipinski definition) is 2. The summed E-state index contributed by atoms with van der Waals surface area (Å²) >= 11 is 10.1. The van der Waals surface area contributed by atoms with Gasteiger partial charge in [-0.2, -0.15) is 0 Å². The molecule has 0 aliphatic rings. The quantitative estimate of drug-likeness (QED) is 0.309. The van der Waals surface area contributed by atoms with Gasteiger partial charge in [0.2, 0.25) is 11.8 Å². The highest BCUT2D eigenvalue weighted by Crippen LogP contribution is 2.13. The van der Waals surface area contributed by atoms with Crippen LogP contribution in [-0.4, -0.2) is 45.9 Å². The van der Waals surface area contributed by atoms with Crippen LogP contribution in [-0.2, 0) is 9.59 Å². The molecule has 31 heavy (non-hydrogen) atoms. The van der Waals surface area contributed by atoms with Gasteiger partial charge in [-0.05, 0) is 24.3 Å². The number of hydrazine groups is 2. The Hall–Kier alpha value is -3.12. The molecule has 2 aromatic carbocycles. The van der Waals surface area contributed by atoms with Gasteiger partial charge in [0.25, 0.3) is 0 Å². The van der Waals surface area contributed by atoms with Crippen LogP contribution >= 0.6 is 24.4 Å². The Morgan fingerprint density at radius 3 is 1.45 bits per heavy atom. The average Bonchev–Trinajstić information content (AvgIpc) is 2.66. The first-order valence-electron chi connectivity index (χ1n) is 8.54. The van der Waals surface area contributed by atoms with E-state index in [0.717, 1.165) is 34.3 Å². The monoisotopic (exact) mass is 472 g/mol. The van der Waals surface area contributed by atoms with E-state index in [2.05, 4.69) is 10.9 Å². The molecule has 0 aliphatic heterocycles. The predicted octanol–water partition coefficient (Wildman–Crippen LogP) is 2.61. The fourth-order valence-electron chi connectivity index (χ4n) is 2.39. The highest BCUT2D eigenvalue weighted by atomic mass is 32.1. The number of carbonyl (C=O) groups excluding carboxylic acids is 2. The molecule has 12 heteroatoms. The second kappa shape index (κ2) is 10.3. The summed E-state index contributed by atoms with van der Waals surface area (Å²) in [6, 6.07) is 5.55. The lowest BCUT2D eigenvalue weighted by Gasteiger charge is -2.23. The summed E-state index contributed by atoms with van der Waals surface area (Å²) in [5.74, 6) is -4.97. The third-order valence-electron chi connectivity index (χ3n) is 3.84. The molecule has 0 spiro atoms. The van der Waals surface area contributed by atoms with Crippen molar-refractivity contribution in [2.75, 3.05) is 14.1 Å². The first-order chi connectivity index (χ1) is 14.5. The summed E-state index contributed by atoms with van der Waals surface area (Å²) in [6.07, 6.45) is -0.669. The predicted molar refractivity (Wildman–Crippen MR) is 113 cm³/mol. The standard InChI is InChI=1S/C19H16F4N4O2S2/c1-26(18(30)12-5-3-10(20)7-14(12)22)24-16(28)9-17(29)25-27(2)19(31)13-6-4-11(21)8-15(13)23/h3-8H,9H2,1-2H3,(H,24,28)(H,25,29). The summed E-state index contributed by atoms with van der Waals surface area (Å²) in [7, 11) is 2.64. The Labute approximate surface area is 185 Å². The SMILES string of the molecule is CN(NC(=O)CC(=O)NN(C)C(=S)c1ccc(F)cc1F)C(=S)c1ccc(F)cc1F. The van der Waals surface area contributed by atoms with Gasteiger partial charge in [-0.25, -0.2) is 17.6 Å². The molecule has 6 nitrogen and oxygen atoms in total. The maximum absolute atomic E-state index is 13.8. The Morgan fingerprint density at radius 2 is 1.13 bits per heavy atom. The molecule has 2 rings (SSSR count). The number of carbonyl (C=O) groups is 2. The van der Waals surface area contributed by atoms with Gasteiger partial charge in [-0.15, -0.1) is 0 Å². The van der Waals surface area contributed by atoms with E-state index in [-0.39, 0.29) is 21.1 Å². The number of thiocarbonyl (C=S) groups is 2. The molecule has 0 fully saturated rings. The fourth-order valence-corrected chi connectivity index (χ4v) is 2.81. The smallest absolute Gasteiger partial charge is 0.248 e. The van der Waals surface area contributed by atoms with Crippen molar-refractivity contribution in [2.45, 2.75) is 6.42 Å². The molecule has 0 aliphatic carbocycles. The molecule has 2 aromatic rings. The topological polar surface area (TPSA) is 64.7 Å². The second-order valence-electron chi connectivity index (χ2n) is 6.22. The Morgan fingerprint density at radius 1 is 0.774 bits per heavy atom. The molecular formula is C19H16F4N4O2S2. The van der Waals surface area contributed by atoms with Crippen LogP contribution < -0.4 is 10.9 Å². The van der Waals surface area contributed by atoms with Crippen molar-refractivity contribution in [2.24, 2.45) is 0 Å². The molecule has 0 saturated heterocycles. The van der Waals surface area contributed by atoms with Crippen molar-refractivity contribution in [3.05, 3.63) is 70.8 Å². The van der Waals surface area contributed by atoms with E-state index in [9.17, 15) is 27.2 Å². The van der Waals surface area contributed by atoms with Crippen molar-refractivity contribution in [3.63, 3.8) is 0 Å². The summed E-state index contributed by atoms with van der Waals surface area (Å²) < 4.78 is 53.7. The van der Waals surface area contributed by atoms with Gasteiger partial charge in [0.15, 0.2) is 0 Å². The molecule has 0 bridgehead atoms. The van der Waals surface area contributed by atoms with E-state index in [4.69, 9.17) is 24.4 Å². The minimum atomic E-state index is -0.910. The molecule has 0 atom stereocenters. The van der Waals surface area contributed by atoms with E-state index in [1.54, 1.807) is 0 Å². The number of hydrogen-bond acceptors (Lipinski definition) is 4. The lowest BCUT2D eigenvalue weighted by atomic mass is 10.2. The van der Waals surface area contributed by atoms with Crippen LogP contribution in [0.1, 0.15) is 17.5 Å². The number of amides is 2. The van der Waals surface area contributed by atoms with Crippen molar-refractivity contribution in [3.8, 4) is 0 Å². The fraction of sp³-hybridized carbons (Fsp3) is 0.158. The molecule has 0 radical (unpaired) electrons. The highest BCUT2D eigenvalue weighted by molar-refractivity contribution is 7.80. The van der Waals surface area contributed by atoms with Crippen LogP contribution in [0, 0.1) is 23.3 Å². The zero-order valence-electron chi connectivity index (χ0n) is 16.2. The number of benzene rings is 2. The molecule has 2 N–H and O–H groups in total. The van der Waals surface area contributed by atoms with E-state index < -0.39 is 41.5 Å². The van der Waals surface area contributed by atoms with Crippen LogP contribution in [0.25, 0.3) is 0 Å². The maximum atomic E-state index is 13.8. The second-order valence-corrected chi connectivity index (χ2v) is 7.00. The Balaban J connectivity index is 1.92. The van der Waals surface area contributed by atoms with Crippen molar-refractivity contribution in [1.29, 1.82) is 0 Å². The van der Waals surface area contributed by atoms with Gasteiger partial charge in [0.1, 0.15) is 39.7 Å². The van der Waals surface area contributed by atoms with Crippen LogP contribution in [0.3, 0.4) is 0 Å². The molecule has 164 valence electrons. The van der Waals surface area contributed by atoms with Crippen LogP contribution in [0.2, 0.25) is 0 Å². The lowest BCUT2D eigenvalue weighted by molar-refractivity contribution is -0.132. The van der Waals surface area contributed by atoms with Crippen molar-refractivity contribution < 1.29 is 27.2 Å². The van der Waals surface area contributed by atoms with E-state index in [1.807, 2.05) is 0 Å².